The van der Waals surface area contributed by atoms with Gasteiger partial charge in [0, 0.05) is 19.7 Å². The Labute approximate surface area is 141 Å². The van der Waals surface area contributed by atoms with Crippen LogP contribution in [-0.2, 0) is 0 Å². The van der Waals surface area contributed by atoms with Crippen molar-refractivity contribution in [2.24, 2.45) is 0 Å². The van der Waals surface area contributed by atoms with Crippen molar-refractivity contribution in [1.82, 2.24) is 4.90 Å². The zero-order valence-corrected chi connectivity index (χ0v) is 13.7. The van der Waals surface area contributed by atoms with Gasteiger partial charge in [-0.1, -0.05) is 54.6 Å². The summed E-state index contributed by atoms with van der Waals surface area (Å²) in [6, 6.07) is 21.9. The summed E-state index contributed by atoms with van der Waals surface area (Å²) in [5, 5.41) is 0. The Bertz CT molecular complexity index is 872. The molecule has 0 aliphatic carbocycles. The molecule has 0 aromatic heterocycles. The number of halogens is 1. The first-order valence-electron chi connectivity index (χ1n) is 7.74. The third kappa shape index (κ3) is 3.06. The van der Waals surface area contributed by atoms with Crippen molar-refractivity contribution in [3.8, 4) is 22.3 Å². The van der Waals surface area contributed by atoms with Gasteiger partial charge in [-0.05, 0) is 40.5 Å². The molecule has 3 aromatic carbocycles. The van der Waals surface area contributed by atoms with Gasteiger partial charge in [-0.3, -0.25) is 4.79 Å². The summed E-state index contributed by atoms with van der Waals surface area (Å²) in [5.74, 6) is -0.504. The molecule has 0 fully saturated rings. The van der Waals surface area contributed by atoms with E-state index in [1.54, 1.807) is 20.2 Å². The third-order valence-corrected chi connectivity index (χ3v) is 3.92. The minimum absolute atomic E-state index is 0.145. The Morgan fingerprint density at radius 1 is 0.792 bits per heavy atom. The van der Waals surface area contributed by atoms with E-state index < -0.39 is 0 Å². The maximum absolute atomic E-state index is 13.9. The number of hydrogen-bond acceptors (Lipinski definition) is 1. The van der Waals surface area contributed by atoms with Gasteiger partial charge >= 0.3 is 0 Å². The van der Waals surface area contributed by atoms with E-state index in [-0.39, 0.29) is 11.7 Å². The molecule has 24 heavy (non-hydrogen) atoms. The first-order valence-corrected chi connectivity index (χ1v) is 7.74. The van der Waals surface area contributed by atoms with Crippen LogP contribution in [0.5, 0.6) is 0 Å². The van der Waals surface area contributed by atoms with Crippen LogP contribution in [0.15, 0.2) is 72.8 Å². The van der Waals surface area contributed by atoms with Gasteiger partial charge in [0.15, 0.2) is 0 Å². The highest BCUT2D eigenvalue weighted by atomic mass is 19.1. The number of carbonyl (C=O) groups is 1. The van der Waals surface area contributed by atoms with E-state index in [1.165, 1.54) is 17.0 Å². The molecule has 0 bridgehead atoms. The molecule has 3 heteroatoms. The number of benzene rings is 3. The van der Waals surface area contributed by atoms with Crippen molar-refractivity contribution in [1.29, 1.82) is 0 Å². The number of hydrogen-bond donors (Lipinski definition) is 0. The zero-order valence-electron chi connectivity index (χ0n) is 13.7. The van der Waals surface area contributed by atoms with Crippen LogP contribution in [0.3, 0.4) is 0 Å². The van der Waals surface area contributed by atoms with Crippen LogP contribution in [0.25, 0.3) is 22.3 Å². The highest BCUT2D eigenvalue weighted by molar-refractivity contribution is 6.02. The fraction of sp³-hybridized carbons (Fsp3) is 0.0952. The van der Waals surface area contributed by atoms with Crippen LogP contribution in [0.2, 0.25) is 0 Å². The van der Waals surface area contributed by atoms with E-state index >= 15 is 0 Å². The first-order chi connectivity index (χ1) is 11.6. The molecule has 0 heterocycles. The quantitative estimate of drug-likeness (QED) is 0.675. The first kappa shape index (κ1) is 15.9. The zero-order chi connectivity index (χ0) is 17.1. The Morgan fingerprint density at radius 3 is 2.08 bits per heavy atom. The van der Waals surface area contributed by atoms with Gasteiger partial charge in [0.2, 0.25) is 0 Å². The van der Waals surface area contributed by atoms with Crippen molar-refractivity contribution in [3.05, 3.63) is 84.2 Å². The Kier molecular flexibility index (Phi) is 4.43. The monoisotopic (exact) mass is 319 g/mol. The fourth-order valence-corrected chi connectivity index (χ4v) is 2.75. The van der Waals surface area contributed by atoms with Crippen LogP contribution in [0.1, 0.15) is 10.4 Å². The number of carbonyl (C=O) groups excluding carboxylic acids is 1. The molecule has 0 spiro atoms. The fourth-order valence-electron chi connectivity index (χ4n) is 2.75. The standard InChI is InChI=1S/C21H18FNO/c1-23(2)21(24)19-13-12-16(22)14-20(19)18-11-7-6-10-17(18)15-8-4-3-5-9-15/h3-14H,1-2H3. The summed E-state index contributed by atoms with van der Waals surface area (Å²) >= 11 is 0. The van der Waals surface area contributed by atoms with Crippen LogP contribution in [-0.4, -0.2) is 24.9 Å². The summed E-state index contributed by atoms with van der Waals surface area (Å²) in [5.41, 5.74) is 3.93. The molecule has 3 aromatic rings. The van der Waals surface area contributed by atoms with E-state index in [0.29, 0.717) is 11.1 Å². The summed E-state index contributed by atoms with van der Waals surface area (Å²) in [6.07, 6.45) is 0. The van der Waals surface area contributed by atoms with E-state index in [1.807, 2.05) is 54.6 Å². The lowest BCUT2D eigenvalue weighted by atomic mass is 9.91. The van der Waals surface area contributed by atoms with Crippen molar-refractivity contribution in [3.63, 3.8) is 0 Å². The van der Waals surface area contributed by atoms with Gasteiger partial charge in [0.05, 0.1) is 0 Å². The molecule has 0 aliphatic heterocycles. The van der Waals surface area contributed by atoms with Gasteiger partial charge in [0.25, 0.3) is 5.91 Å². The van der Waals surface area contributed by atoms with Crippen LogP contribution < -0.4 is 0 Å². The molecule has 0 aliphatic rings. The van der Waals surface area contributed by atoms with E-state index in [0.717, 1.165) is 16.7 Å². The van der Waals surface area contributed by atoms with Gasteiger partial charge in [-0.25, -0.2) is 4.39 Å². The molecule has 3 rings (SSSR count). The largest absolute Gasteiger partial charge is 0.345 e. The maximum Gasteiger partial charge on any atom is 0.253 e. The Hall–Kier alpha value is -2.94. The second-order valence-electron chi connectivity index (χ2n) is 5.80. The molecule has 0 atom stereocenters. The lowest BCUT2D eigenvalue weighted by Crippen LogP contribution is -2.22. The lowest BCUT2D eigenvalue weighted by Gasteiger charge is -2.17. The highest BCUT2D eigenvalue weighted by Gasteiger charge is 2.17. The van der Waals surface area contributed by atoms with Gasteiger partial charge in [-0.15, -0.1) is 0 Å². The minimum atomic E-state index is -0.358. The molecule has 0 unspecified atom stereocenters. The predicted octanol–water partition coefficient (Wildman–Crippen LogP) is 4.86. The van der Waals surface area contributed by atoms with E-state index in [4.69, 9.17) is 0 Å². The van der Waals surface area contributed by atoms with E-state index in [2.05, 4.69) is 0 Å². The summed E-state index contributed by atoms with van der Waals surface area (Å²) in [4.78, 5) is 14.0. The van der Waals surface area contributed by atoms with Crippen LogP contribution >= 0.6 is 0 Å². The molecule has 0 radical (unpaired) electrons. The Balaban J connectivity index is 2.24. The third-order valence-electron chi connectivity index (χ3n) is 3.92. The smallest absolute Gasteiger partial charge is 0.253 e. The average Bonchev–Trinajstić information content (AvgIpc) is 2.62. The molecule has 120 valence electrons. The summed E-state index contributed by atoms with van der Waals surface area (Å²) in [7, 11) is 3.39. The summed E-state index contributed by atoms with van der Waals surface area (Å²) in [6.45, 7) is 0. The Morgan fingerprint density at radius 2 is 1.42 bits per heavy atom. The van der Waals surface area contributed by atoms with Crippen molar-refractivity contribution in [2.45, 2.75) is 0 Å². The number of amides is 1. The molecule has 1 amide bonds. The van der Waals surface area contributed by atoms with Crippen molar-refractivity contribution in [2.75, 3.05) is 14.1 Å². The van der Waals surface area contributed by atoms with Crippen LogP contribution in [0, 0.1) is 5.82 Å². The summed E-state index contributed by atoms with van der Waals surface area (Å²) < 4.78 is 13.9. The molecular formula is C21H18FNO. The SMILES string of the molecule is CN(C)C(=O)c1ccc(F)cc1-c1ccccc1-c1ccccc1. The van der Waals surface area contributed by atoms with Crippen molar-refractivity contribution >= 4 is 5.91 Å². The maximum atomic E-state index is 13.9. The van der Waals surface area contributed by atoms with Crippen molar-refractivity contribution < 1.29 is 9.18 Å². The second-order valence-corrected chi connectivity index (χ2v) is 5.80. The number of rotatable bonds is 3. The van der Waals surface area contributed by atoms with E-state index in [9.17, 15) is 9.18 Å². The second kappa shape index (κ2) is 6.67. The highest BCUT2D eigenvalue weighted by Crippen LogP contribution is 2.34. The molecule has 0 saturated heterocycles. The number of nitrogens with zero attached hydrogens (tertiary/aromatic N) is 1. The van der Waals surface area contributed by atoms with Crippen LogP contribution in [0.4, 0.5) is 4.39 Å². The topological polar surface area (TPSA) is 20.3 Å². The van der Waals surface area contributed by atoms with Gasteiger partial charge in [-0.2, -0.15) is 0 Å². The van der Waals surface area contributed by atoms with Gasteiger partial charge < -0.3 is 4.90 Å². The predicted molar refractivity (Wildman–Crippen MR) is 95.3 cm³/mol. The molecular weight excluding hydrogens is 301 g/mol. The molecule has 2 nitrogen and oxygen atoms in total. The minimum Gasteiger partial charge on any atom is -0.345 e. The lowest BCUT2D eigenvalue weighted by molar-refractivity contribution is 0.0828. The van der Waals surface area contributed by atoms with Gasteiger partial charge in [0.1, 0.15) is 5.82 Å². The molecule has 0 saturated carbocycles. The average molecular weight is 319 g/mol. The normalized spacial score (nSPS) is 10.5. The molecule has 0 N–H and O–H groups in total.